The van der Waals surface area contributed by atoms with Gasteiger partial charge in [0.05, 0.1) is 6.20 Å². The van der Waals surface area contributed by atoms with Crippen molar-refractivity contribution >= 4 is 17.2 Å². The fourth-order valence-corrected chi connectivity index (χ4v) is 1.14. The molecule has 0 saturated carbocycles. The Morgan fingerprint density at radius 1 is 1.50 bits per heavy atom. The quantitative estimate of drug-likeness (QED) is 0.638. The van der Waals surface area contributed by atoms with Crippen molar-refractivity contribution in [1.82, 2.24) is 4.98 Å². The minimum Gasteiger partial charge on any atom is -0.353 e. The lowest BCUT2D eigenvalue weighted by molar-refractivity contribution is 0.112. The van der Waals surface area contributed by atoms with Gasteiger partial charge in [0.2, 0.25) is 0 Å². The molecular formula is C9H5FNO. The van der Waals surface area contributed by atoms with Crippen LogP contribution in [0.3, 0.4) is 0 Å². The van der Waals surface area contributed by atoms with Crippen LogP contribution in [0.2, 0.25) is 0 Å². The number of H-pyrrole nitrogens is 1. The summed E-state index contributed by atoms with van der Waals surface area (Å²) in [4.78, 5) is 13.2. The van der Waals surface area contributed by atoms with Gasteiger partial charge < -0.3 is 4.98 Å². The number of carbonyl (C=O) groups is 1. The number of aromatic amines is 1. The molecule has 0 atom stereocenters. The van der Waals surface area contributed by atoms with Crippen molar-refractivity contribution in [1.29, 1.82) is 0 Å². The fraction of sp³-hybridized carbons (Fsp3) is 0. The molecule has 1 radical (unpaired) electrons. The molecule has 0 aliphatic rings. The molecule has 1 heterocycles. The number of hydrogen-bond donors (Lipinski definition) is 1. The Labute approximate surface area is 68.0 Å². The fourth-order valence-electron chi connectivity index (χ4n) is 1.14. The summed E-state index contributed by atoms with van der Waals surface area (Å²) < 4.78 is 12.7. The zero-order chi connectivity index (χ0) is 8.55. The second kappa shape index (κ2) is 2.44. The molecule has 1 aromatic heterocycles. The van der Waals surface area contributed by atoms with Crippen LogP contribution in [0.4, 0.5) is 4.39 Å². The molecule has 0 aliphatic carbocycles. The van der Waals surface area contributed by atoms with E-state index >= 15 is 0 Å². The minimum absolute atomic E-state index is 0.349. The number of halogens is 1. The van der Waals surface area contributed by atoms with Gasteiger partial charge in [-0.05, 0) is 18.2 Å². The number of fused-ring (bicyclic) bond motifs is 1. The van der Waals surface area contributed by atoms with Gasteiger partial charge in [-0.25, -0.2) is 4.39 Å². The third-order valence-electron chi connectivity index (χ3n) is 1.72. The van der Waals surface area contributed by atoms with Crippen LogP contribution in [-0.4, -0.2) is 11.3 Å². The first-order valence-electron chi connectivity index (χ1n) is 3.45. The largest absolute Gasteiger partial charge is 0.353 e. The van der Waals surface area contributed by atoms with Gasteiger partial charge in [-0.3, -0.25) is 4.79 Å². The van der Waals surface area contributed by atoms with Crippen molar-refractivity contribution in [2.75, 3.05) is 0 Å². The summed E-state index contributed by atoms with van der Waals surface area (Å²) in [5.74, 6) is -0.349. The molecule has 12 heavy (non-hydrogen) atoms. The molecule has 0 aliphatic heterocycles. The predicted octanol–water partition coefficient (Wildman–Crippen LogP) is 1.92. The predicted molar refractivity (Wildman–Crippen MR) is 42.5 cm³/mol. The van der Waals surface area contributed by atoms with E-state index < -0.39 is 0 Å². The first kappa shape index (κ1) is 7.03. The van der Waals surface area contributed by atoms with Crippen LogP contribution in [0.5, 0.6) is 0 Å². The number of nitrogens with one attached hydrogen (secondary N) is 1. The second-order valence-electron chi connectivity index (χ2n) is 2.47. The highest BCUT2D eigenvalue weighted by Crippen LogP contribution is 2.16. The average molecular weight is 162 g/mol. The highest BCUT2D eigenvalue weighted by atomic mass is 19.1. The lowest BCUT2D eigenvalue weighted by atomic mass is 10.2. The lowest BCUT2D eigenvalue weighted by Gasteiger charge is -1.89. The molecule has 0 bridgehead atoms. The van der Waals surface area contributed by atoms with Crippen molar-refractivity contribution in [3.8, 4) is 0 Å². The Morgan fingerprint density at radius 2 is 2.33 bits per heavy atom. The van der Waals surface area contributed by atoms with Gasteiger partial charge in [-0.2, -0.15) is 0 Å². The molecule has 2 aromatic rings. The molecule has 0 fully saturated rings. The molecule has 0 saturated heterocycles. The van der Waals surface area contributed by atoms with E-state index in [9.17, 15) is 9.18 Å². The normalized spacial score (nSPS) is 10.4. The Hall–Kier alpha value is -1.64. The smallest absolute Gasteiger partial charge is 0.152 e. The Bertz CT molecular complexity index is 433. The van der Waals surface area contributed by atoms with Crippen molar-refractivity contribution < 1.29 is 9.18 Å². The first-order chi connectivity index (χ1) is 5.81. The Balaban J connectivity index is 2.83. The van der Waals surface area contributed by atoms with Crippen LogP contribution >= 0.6 is 0 Å². The van der Waals surface area contributed by atoms with E-state index in [0.717, 1.165) is 5.52 Å². The Morgan fingerprint density at radius 3 is 3.08 bits per heavy atom. The zero-order valence-electron chi connectivity index (χ0n) is 6.10. The van der Waals surface area contributed by atoms with E-state index in [4.69, 9.17) is 0 Å². The number of rotatable bonds is 1. The maximum atomic E-state index is 12.7. The monoisotopic (exact) mass is 162 g/mol. The van der Waals surface area contributed by atoms with Crippen LogP contribution in [0.25, 0.3) is 10.9 Å². The third-order valence-corrected chi connectivity index (χ3v) is 1.72. The van der Waals surface area contributed by atoms with Gasteiger partial charge in [-0.1, -0.05) is 0 Å². The lowest BCUT2D eigenvalue weighted by Crippen LogP contribution is -1.76. The van der Waals surface area contributed by atoms with E-state index in [1.54, 1.807) is 6.07 Å². The summed E-state index contributed by atoms with van der Waals surface area (Å²) in [5.41, 5.74) is 1.09. The van der Waals surface area contributed by atoms with E-state index in [1.165, 1.54) is 12.1 Å². The number of aromatic nitrogens is 1. The maximum absolute atomic E-state index is 12.7. The summed E-state index contributed by atoms with van der Waals surface area (Å²) in [6, 6.07) is 4.22. The van der Waals surface area contributed by atoms with Gasteiger partial charge in [0, 0.05) is 16.5 Å². The molecule has 0 amide bonds. The highest BCUT2D eigenvalue weighted by molar-refractivity contribution is 5.96. The van der Waals surface area contributed by atoms with Gasteiger partial charge >= 0.3 is 0 Å². The van der Waals surface area contributed by atoms with E-state index in [1.807, 2.05) is 0 Å². The third kappa shape index (κ3) is 0.906. The van der Waals surface area contributed by atoms with Gasteiger partial charge in [0.25, 0.3) is 0 Å². The standard InChI is InChI=1S/C9H5FNO/c10-7-1-2-9-8(3-7)6(5-12)4-11-9/h1-3,5,11H. The van der Waals surface area contributed by atoms with Crippen molar-refractivity contribution in [2.45, 2.75) is 0 Å². The summed E-state index contributed by atoms with van der Waals surface area (Å²) in [6.07, 6.45) is 3.28. The maximum Gasteiger partial charge on any atom is 0.152 e. The summed E-state index contributed by atoms with van der Waals surface area (Å²) >= 11 is 0. The average Bonchev–Trinajstić information content (AvgIpc) is 2.46. The number of aldehydes is 1. The highest BCUT2D eigenvalue weighted by Gasteiger charge is 2.03. The molecular weight excluding hydrogens is 157 g/mol. The van der Waals surface area contributed by atoms with Crippen LogP contribution in [0.1, 0.15) is 10.4 Å². The van der Waals surface area contributed by atoms with Gasteiger partial charge in [-0.15, -0.1) is 0 Å². The van der Waals surface area contributed by atoms with Crippen molar-refractivity contribution in [3.05, 3.63) is 35.8 Å². The minimum atomic E-state index is -0.349. The molecule has 0 spiro atoms. The zero-order valence-corrected chi connectivity index (χ0v) is 6.10. The van der Waals surface area contributed by atoms with E-state index in [2.05, 4.69) is 11.2 Å². The summed E-state index contributed by atoms with van der Waals surface area (Å²) in [7, 11) is 0. The van der Waals surface area contributed by atoms with Gasteiger partial charge in [0.15, 0.2) is 6.29 Å². The Kier molecular flexibility index (Phi) is 1.43. The number of hydrogen-bond acceptors (Lipinski definition) is 1. The van der Waals surface area contributed by atoms with E-state index in [-0.39, 0.29) is 5.82 Å². The van der Waals surface area contributed by atoms with Crippen molar-refractivity contribution in [3.63, 3.8) is 0 Å². The van der Waals surface area contributed by atoms with E-state index in [0.29, 0.717) is 17.2 Å². The molecule has 1 N–H and O–H groups in total. The van der Waals surface area contributed by atoms with Crippen molar-refractivity contribution in [2.24, 2.45) is 0 Å². The number of benzene rings is 1. The number of carbonyl (C=O) groups excluding carboxylic acids is 1. The van der Waals surface area contributed by atoms with Gasteiger partial charge in [0.1, 0.15) is 5.82 Å². The molecule has 3 heteroatoms. The SMILES string of the molecule is O=Cc1[c][nH]c2ccc(F)cc12. The van der Waals surface area contributed by atoms with Crippen LogP contribution in [0.15, 0.2) is 18.2 Å². The van der Waals surface area contributed by atoms with Crippen LogP contribution in [0, 0.1) is 12.0 Å². The first-order valence-corrected chi connectivity index (χ1v) is 3.45. The molecule has 1 aromatic carbocycles. The topological polar surface area (TPSA) is 32.9 Å². The second-order valence-corrected chi connectivity index (χ2v) is 2.47. The molecule has 2 rings (SSSR count). The summed E-state index contributed by atoms with van der Waals surface area (Å²) in [6.45, 7) is 0. The molecule has 2 nitrogen and oxygen atoms in total. The van der Waals surface area contributed by atoms with Crippen LogP contribution < -0.4 is 0 Å². The molecule has 0 unspecified atom stereocenters. The molecule has 59 valence electrons. The summed E-state index contributed by atoms with van der Waals surface area (Å²) in [5, 5.41) is 0.574. The van der Waals surface area contributed by atoms with Crippen LogP contribution in [-0.2, 0) is 0 Å².